The second kappa shape index (κ2) is 5.36. The molecule has 0 saturated heterocycles. The fraction of sp³-hybridized carbons (Fsp3) is 0.684. The molecule has 3 nitrogen and oxygen atoms in total. The Morgan fingerprint density at radius 3 is 2.27 bits per heavy atom. The van der Waals surface area contributed by atoms with Crippen LogP contribution < -0.4 is 5.32 Å². The van der Waals surface area contributed by atoms with E-state index < -0.39 is 0 Å². The Morgan fingerprint density at radius 2 is 1.73 bits per heavy atom. The van der Waals surface area contributed by atoms with Crippen molar-refractivity contribution >= 4 is 5.91 Å². The Labute approximate surface area is 132 Å². The quantitative estimate of drug-likeness (QED) is 0.926. The molecular formula is C19H26N2O. The van der Waals surface area contributed by atoms with Crippen LogP contribution in [-0.4, -0.2) is 16.9 Å². The summed E-state index contributed by atoms with van der Waals surface area (Å²) in [5.41, 5.74) is 1.44. The number of amides is 1. The lowest BCUT2D eigenvalue weighted by Crippen LogP contribution is -2.56. The van der Waals surface area contributed by atoms with Gasteiger partial charge in [-0.15, -0.1) is 0 Å². The van der Waals surface area contributed by atoms with Gasteiger partial charge < -0.3 is 5.32 Å². The first-order valence-electron chi connectivity index (χ1n) is 8.81. The molecule has 4 aliphatic rings. The second-order valence-electron chi connectivity index (χ2n) is 8.10. The van der Waals surface area contributed by atoms with Crippen LogP contribution in [0.15, 0.2) is 24.5 Å². The number of rotatable bonds is 4. The standard InChI is InChI=1S/C19H26N2O/c1-13(21-18(22)9-14-2-4-20-5-3-14)19-10-15-6-16(11-19)8-17(7-15)12-19/h2-5,13,15-17H,6-12H2,1H3,(H,21,22). The highest BCUT2D eigenvalue weighted by molar-refractivity contribution is 5.78. The Morgan fingerprint density at radius 1 is 1.18 bits per heavy atom. The fourth-order valence-corrected chi connectivity index (χ4v) is 5.84. The molecule has 0 spiro atoms. The molecule has 1 N–H and O–H groups in total. The molecule has 4 bridgehead atoms. The van der Waals surface area contributed by atoms with Crippen molar-refractivity contribution in [1.82, 2.24) is 10.3 Å². The number of pyridine rings is 1. The molecule has 1 aromatic heterocycles. The van der Waals surface area contributed by atoms with Crippen molar-refractivity contribution in [2.45, 2.75) is 57.9 Å². The summed E-state index contributed by atoms with van der Waals surface area (Å²) in [6.07, 6.45) is 12.4. The maximum absolute atomic E-state index is 12.4. The molecule has 1 unspecified atom stereocenters. The Kier molecular flexibility index (Phi) is 3.47. The molecule has 1 aromatic rings. The van der Waals surface area contributed by atoms with Crippen molar-refractivity contribution in [1.29, 1.82) is 0 Å². The van der Waals surface area contributed by atoms with Crippen LogP contribution in [0.5, 0.6) is 0 Å². The van der Waals surface area contributed by atoms with Crippen molar-refractivity contribution in [3.8, 4) is 0 Å². The molecule has 0 aliphatic heterocycles. The molecule has 1 heterocycles. The Balaban J connectivity index is 1.41. The summed E-state index contributed by atoms with van der Waals surface area (Å²) in [5, 5.41) is 3.33. The number of aromatic nitrogens is 1. The van der Waals surface area contributed by atoms with Crippen molar-refractivity contribution in [3.05, 3.63) is 30.1 Å². The van der Waals surface area contributed by atoms with E-state index in [0.29, 0.717) is 17.9 Å². The van der Waals surface area contributed by atoms with Gasteiger partial charge in [-0.1, -0.05) is 0 Å². The van der Waals surface area contributed by atoms with Gasteiger partial charge in [-0.05, 0) is 86.3 Å². The third-order valence-corrected chi connectivity index (χ3v) is 6.50. The molecular weight excluding hydrogens is 272 g/mol. The van der Waals surface area contributed by atoms with Gasteiger partial charge in [0.05, 0.1) is 6.42 Å². The lowest BCUT2D eigenvalue weighted by atomic mass is 9.48. The lowest BCUT2D eigenvalue weighted by molar-refractivity contribution is -0.125. The third-order valence-electron chi connectivity index (χ3n) is 6.50. The van der Waals surface area contributed by atoms with E-state index >= 15 is 0 Å². The smallest absolute Gasteiger partial charge is 0.224 e. The van der Waals surface area contributed by atoms with Gasteiger partial charge in [0, 0.05) is 18.4 Å². The number of carbonyl (C=O) groups is 1. The summed E-state index contributed by atoms with van der Waals surface area (Å²) in [4.78, 5) is 16.4. The fourth-order valence-electron chi connectivity index (χ4n) is 5.84. The highest BCUT2D eigenvalue weighted by atomic mass is 16.1. The normalized spacial score (nSPS) is 37.0. The van der Waals surface area contributed by atoms with Crippen molar-refractivity contribution < 1.29 is 4.79 Å². The van der Waals surface area contributed by atoms with Crippen molar-refractivity contribution in [2.75, 3.05) is 0 Å². The molecule has 118 valence electrons. The second-order valence-corrected chi connectivity index (χ2v) is 8.10. The molecule has 0 radical (unpaired) electrons. The summed E-state index contributed by atoms with van der Waals surface area (Å²) in [6.45, 7) is 2.25. The SMILES string of the molecule is CC(NC(=O)Cc1ccncc1)C12CC3CC(CC(C3)C1)C2. The van der Waals surface area contributed by atoms with E-state index in [-0.39, 0.29) is 5.91 Å². The minimum absolute atomic E-state index is 0.162. The van der Waals surface area contributed by atoms with Gasteiger partial charge in [0.15, 0.2) is 0 Å². The summed E-state index contributed by atoms with van der Waals surface area (Å²) < 4.78 is 0. The average Bonchev–Trinajstić information content (AvgIpc) is 2.46. The van der Waals surface area contributed by atoms with Gasteiger partial charge >= 0.3 is 0 Å². The molecule has 4 fully saturated rings. The van der Waals surface area contributed by atoms with E-state index in [1.165, 1.54) is 38.5 Å². The van der Waals surface area contributed by atoms with Crippen LogP contribution >= 0.6 is 0 Å². The van der Waals surface area contributed by atoms with E-state index in [0.717, 1.165) is 23.3 Å². The van der Waals surface area contributed by atoms with Crippen molar-refractivity contribution in [3.63, 3.8) is 0 Å². The highest BCUT2D eigenvalue weighted by Gasteiger charge is 2.53. The van der Waals surface area contributed by atoms with E-state index in [1.54, 1.807) is 12.4 Å². The largest absolute Gasteiger partial charge is 0.353 e. The molecule has 4 saturated carbocycles. The molecule has 1 atom stereocenters. The number of nitrogens with zero attached hydrogens (tertiary/aromatic N) is 1. The topological polar surface area (TPSA) is 42.0 Å². The molecule has 3 heteroatoms. The van der Waals surface area contributed by atoms with Crippen LogP contribution in [0.3, 0.4) is 0 Å². The van der Waals surface area contributed by atoms with Gasteiger partial charge in [-0.25, -0.2) is 0 Å². The van der Waals surface area contributed by atoms with Crippen LogP contribution in [0.1, 0.15) is 51.0 Å². The number of carbonyl (C=O) groups excluding carboxylic acids is 1. The number of hydrogen-bond donors (Lipinski definition) is 1. The first kappa shape index (κ1) is 14.2. The van der Waals surface area contributed by atoms with Crippen LogP contribution in [-0.2, 0) is 11.2 Å². The maximum Gasteiger partial charge on any atom is 0.224 e. The van der Waals surface area contributed by atoms with Crippen LogP contribution in [0.4, 0.5) is 0 Å². The van der Waals surface area contributed by atoms with E-state index in [1.807, 2.05) is 12.1 Å². The predicted octanol–water partition coefficient (Wildman–Crippen LogP) is 3.35. The highest BCUT2D eigenvalue weighted by Crippen LogP contribution is 2.61. The summed E-state index contributed by atoms with van der Waals surface area (Å²) in [5.74, 6) is 2.97. The number of hydrogen-bond acceptors (Lipinski definition) is 2. The van der Waals surface area contributed by atoms with Gasteiger partial charge in [0.2, 0.25) is 5.91 Å². The average molecular weight is 298 g/mol. The Hall–Kier alpha value is -1.38. The van der Waals surface area contributed by atoms with Crippen LogP contribution in [0.2, 0.25) is 0 Å². The van der Waals surface area contributed by atoms with Gasteiger partial charge in [-0.3, -0.25) is 9.78 Å². The zero-order valence-corrected chi connectivity index (χ0v) is 13.4. The zero-order chi connectivity index (χ0) is 15.2. The monoisotopic (exact) mass is 298 g/mol. The summed E-state index contributed by atoms with van der Waals surface area (Å²) in [6, 6.07) is 4.17. The van der Waals surface area contributed by atoms with E-state index in [9.17, 15) is 4.79 Å². The van der Waals surface area contributed by atoms with Gasteiger partial charge in [-0.2, -0.15) is 0 Å². The van der Waals surface area contributed by atoms with E-state index in [4.69, 9.17) is 0 Å². The molecule has 22 heavy (non-hydrogen) atoms. The molecule has 0 aromatic carbocycles. The summed E-state index contributed by atoms with van der Waals surface area (Å²) in [7, 11) is 0. The van der Waals surface area contributed by atoms with Gasteiger partial charge in [0.25, 0.3) is 0 Å². The maximum atomic E-state index is 12.4. The van der Waals surface area contributed by atoms with Crippen molar-refractivity contribution in [2.24, 2.45) is 23.2 Å². The number of nitrogens with one attached hydrogen (secondary N) is 1. The lowest BCUT2D eigenvalue weighted by Gasteiger charge is -2.59. The predicted molar refractivity (Wildman–Crippen MR) is 86.2 cm³/mol. The third kappa shape index (κ3) is 2.55. The summed E-state index contributed by atoms with van der Waals surface area (Å²) >= 11 is 0. The van der Waals surface area contributed by atoms with Gasteiger partial charge in [0.1, 0.15) is 0 Å². The first-order chi connectivity index (χ1) is 10.6. The molecule has 1 amide bonds. The minimum atomic E-state index is 0.162. The molecule has 5 rings (SSSR count). The Bertz CT molecular complexity index is 519. The van der Waals surface area contributed by atoms with E-state index in [2.05, 4.69) is 17.2 Å². The van der Waals surface area contributed by atoms with Crippen LogP contribution in [0, 0.1) is 23.2 Å². The zero-order valence-electron chi connectivity index (χ0n) is 13.4. The minimum Gasteiger partial charge on any atom is -0.353 e. The van der Waals surface area contributed by atoms with Crippen LogP contribution in [0.25, 0.3) is 0 Å². The molecule has 4 aliphatic carbocycles. The first-order valence-corrected chi connectivity index (χ1v) is 8.81.